The minimum Gasteiger partial charge on any atom is -0.507 e. The van der Waals surface area contributed by atoms with Crippen LogP contribution in [0, 0.1) is 0 Å². The van der Waals surface area contributed by atoms with Crippen molar-refractivity contribution in [2.45, 2.75) is 142 Å². The third-order valence-electron chi connectivity index (χ3n) is 9.36. The molecule has 50 heavy (non-hydrogen) atoms. The Hall–Kier alpha value is -3.80. The normalized spacial score (nSPS) is 11.6. The molecule has 0 radical (unpaired) electrons. The molecule has 0 aliphatic carbocycles. The van der Waals surface area contributed by atoms with Gasteiger partial charge < -0.3 is 19.0 Å². The molecule has 0 spiro atoms. The average molecular weight is 683 g/mol. The summed E-state index contributed by atoms with van der Waals surface area (Å²) in [4.78, 5) is 9.30. The second-order valence-electron chi connectivity index (χ2n) is 13.7. The third-order valence-corrected chi connectivity index (χ3v) is 9.36. The molecule has 1 aromatic heterocycles. The van der Waals surface area contributed by atoms with Crippen LogP contribution in [0.3, 0.4) is 0 Å². The number of hydrogen-bond acceptors (Lipinski definition) is 6. The van der Waals surface area contributed by atoms with Crippen molar-refractivity contribution in [3.05, 3.63) is 66.2 Å². The number of oxazole rings is 1. The van der Waals surface area contributed by atoms with Gasteiger partial charge >= 0.3 is 0 Å². The molecular formula is C44H62N2O4. The summed E-state index contributed by atoms with van der Waals surface area (Å²) in [5, 5.41) is 10.6. The van der Waals surface area contributed by atoms with Crippen LogP contribution < -0.4 is 9.47 Å². The van der Waals surface area contributed by atoms with E-state index < -0.39 is 0 Å². The van der Waals surface area contributed by atoms with Crippen molar-refractivity contribution in [1.82, 2.24) is 4.98 Å². The summed E-state index contributed by atoms with van der Waals surface area (Å²) < 4.78 is 17.9. The Balaban J connectivity index is 1.15. The van der Waals surface area contributed by atoms with Gasteiger partial charge in [0.15, 0.2) is 5.58 Å². The number of hydrogen-bond donors (Lipinski definition) is 1. The van der Waals surface area contributed by atoms with Crippen molar-refractivity contribution in [1.29, 1.82) is 0 Å². The van der Waals surface area contributed by atoms with Gasteiger partial charge in [-0.15, -0.1) is 0 Å². The summed E-state index contributed by atoms with van der Waals surface area (Å²) in [6, 6.07) is 19.0. The summed E-state index contributed by atoms with van der Waals surface area (Å²) in [7, 11) is 0. The van der Waals surface area contributed by atoms with E-state index in [0.29, 0.717) is 29.4 Å². The smallest absolute Gasteiger partial charge is 0.227 e. The molecule has 6 nitrogen and oxygen atoms in total. The summed E-state index contributed by atoms with van der Waals surface area (Å²) in [5.74, 6) is 2.26. The Kier molecular flexibility index (Phi) is 18.4. The molecule has 6 heteroatoms. The Morgan fingerprint density at radius 1 is 0.600 bits per heavy atom. The number of aromatic hydroxyl groups is 1. The van der Waals surface area contributed by atoms with Gasteiger partial charge in [0, 0.05) is 23.4 Å². The highest BCUT2D eigenvalue weighted by Gasteiger charge is 2.10. The number of rotatable bonds is 27. The van der Waals surface area contributed by atoms with Crippen molar-refractivity contribution < 1.29 is 19.0 Å². The van der Waals surface area contributed by atoms with Crippen LogP contribution in [0.15, 0.2) is 70.1 Å². The average Bonchev–Trinajstić information content (AvgIpc) is 3.56. The molecule has 3 aromatic carbocycles. The van der Waals surface area contributed by atoms with E-state index in [9.17, 15) is 5.11 Å². The van der Waals surface area contributed by atoms with E-state index in [1.807, 2.05) is 54.6 Å². The van der Waals surface area contributed by atoms with Gasteiger partial charge in [0.1, 0.15) is 22.8 Å². The summed E-state index contributed by atoms with van der Waals surface area (Å²) >= 11 is 0. The zero-order valence-corrected chi connectivity index (χ0v) is 31.0. The zero-order chi connectivity index (χ0) is 35.1. The van der Waals surface area contributed by atoms with Crippen molar-refractivity contribution in [3.63, 3.8) is 0 Å². The molecule has 272 valence electrons. The Morgan fingerprint density at radius 3 is 1.68 bits per heavy atom. The van der Waals surface area contributed by atoms with Crippen LogP contribution in [0.5, 0.6) is 17.2 Å². The fourth-order valence-corrected chi connectivity index (χ4v) is 6.24. The number of aromatic nitrogens is 1. The first-order valence-electron chi connectivity index (χ1n) is 19.8. The zero-order valence-electron chi connectivity index (χ0n) is 31.0. The first-order valence-corrected chi connectivity index (χ1v) is 19.8. The van der Waals surface area contributed by atoms with Gasteiger partial charge in [-0.25, -0.2) is 4.98 Å². The fourth-order valence-electron chi connectivity index (χ4n) is 6.24. The molecule has 0 saturated carbocycles. The van der Waals surface area contributed by atoms with Gasteiger partial charge in [-0.05, 0) is 67.4 Å². The second-order valence-corrected chi connectivity index (χ2v) is 13.7. The molecule has 1 N–H and O–H groups in total. The van der Waals surface area contributed by atoms with E-state index in [1.165, 1.54) is 116 Å². The lowest BCUT2D eigenvalue weighted by molar-refractivity contribution is 0.302. The van der Waals surface area contributed by atoms with Crippen molar-refractivity contribution in [3.8, 4) is 28.7 Å². The van der Waals surface area contributed by atoms with E-state index in [-0.39, 0.29) is 5.75 Å². The Labute approximate surface area is 301 Å². The van der Waals surface area contributed by atoms with Gasteiger partial charge in [-0.1, -0.05) is 129 Å². The van der Waals surface area contributed by atoms with E-state index in [4.69, 9.17) is 18.9 Å². The molecule has 0 amide bonds. The number of ether oxygens (including phenoxy) is 2. The van der Waals surface area contributed by atoms with E-state index in [0.717, 1.165) is 42.0 Å². The number of nitrogens with zero attached hydrogens (tertiary/aromatic N) is 2. The standard InChI is InChI=1S/C44H62N2O4/c1-3-5-7-9-11-13-15-17-19-21-31-48-39-27-23-36(24-28-39)44-46-41-33-38(26-30-43(41)50-44)45-35-37-25-29-40(34-42(37)47)49-32-22-20-18-16-14-12-10-8-6-4-2/h23-30,33-35,47H,3-22,31-32H2,1-2H3. The molecule has 0 unspecified atom stereocenters. The maximum atomic E-state index is 10.6. The van der Waals surface area contributed by atoms with Crippen LogP contribution in [0.25, 0.3) is 22.6 Å². The van der Waals surface area contributed by atoms with Gasteiger partial charge in [-0.3, -0.25) is 4.99 Å². The van der Waals surface area contributed by atoms with Crippen LogP contribution in [0.1, 0.15) is 148 Å². The molecule has 0 bridgehead atoms. The molecular weight excluding hydrogens is 620 g/mol. The van der Waals surface area contributed by atoms with Crippen molar-refractivity contribution >= 4 is 23.0 Å². The lowest BCUT2D eigenvalue weighted by Crippen LogP contribution is -1.97. The SMILES string of the molecule is CCCCCCCCCCCCOc1ccc(-c2nc3cc(N=Cc4ccc(OCCCCCCCCCCCC)cc4O)ccc3o2)cc1. The number of phenolic OH excluding ortho intramolecular Hbond substituents is 1. The highest BCUT2D eigenvalue weighted by molar-refractivity contribution is 5.87. The first kappa shape index (κ1) is 39.0. The second kappa shape index (κ2) is 23.6. The summed E-state index contributed by atoms with van der Waals surface area (Å²) in [6.45, 7) is 5.95. The van der Waals surface area contributed by atoms with Gasteiger partial charge in [0.2, 0.25) is 5.89 Å². The monoisotopic (exact) mass is 682 g/mol. The van der Waals surface area contributed by atoms with E-state index in [1.54, 1.807) is 12.3 Å². The molecule has 0 fully saturated rings. The van der Waals surface area contributed by atoms with Crippen LogP contribution in [0.2, 0.25) is 0 Å². The third kappa shape index (κ3) is 14.6. The maximum absolute atomic E-state index is 10.6. The van der Waals surface area contributed by atoms with Gasteiger partial charge in [0.05, 0.1) is 18.9 Å². The quantitative estimate of drug-likeness (QED) is 0.0500. The highest BCUT2D eigenvalue weighted by Crippen LogP contribution is 2.29. The highest BCUT2D eigenvalue weighted by atomic mass is 16.5. The minimum atomic E-state index is 0.148. The van der Waals surface area contributed by atoms with Crippen LogP contribution in [0.4, 0.5) is 5.69 Å². The largest absolute Gasteiger partial charge is 0.507 e. The summed E-state index contributed by atoms with van der Waals surface area (Å²) in [5.41, 5.74) is 3.70. The molecule has 0 aliphatic rings. The number of aliphatic imine (C=N–C) groups is 1. The first-order chi connectivity index (χ1) is 24.7. The topological polar surface area (TPSA) is 77.1 Å². The maximum Gasteiger partial charge on any atom is 0.227 e. The number of benzene rings is 3. The Bertz CT molecular complexity index is 1510. The Morgan fingerprint density at radius 2 is 1.12 bits per heavy atom. The molecule has 0 atom stereocenters. The van der Waals surface area contributed by atoms with Crippen LogP contribution in [-0.2, 0) is 0 Å². The lowest BCUT2D eigenvalue weighted by Gasteiger charge is -2.08. The molecule has 0 saturated heterocycles. The van der Waals surface area contributed by atoms with E-state index in [2.05, 4.69) is 18.8 Å². The molecule has 1 heterocycles. The van der Waals surface area contributed by atoms with Gasteiger partial charge in [0.25, 0.3) is 0 Å². The molecule has 4 aromatic rings. The van der Waals surface area contributed by atoms with Crippen molar-refractivity contribution in [2.24, 2.45) is 4.99 Å². The van der Waals surface area contributed by atoms with E-state index >= 15 is 0 Å². The van der Waals surface area contributed by atoms with Crippen LogP contribution in [-0.4, -0.2) is 29.5 Å². The predicted molar refractivity (Wildman–Crippen MR) is 209 cm³/mol. The minimum absolute atomic E-state index is 0.148. The summed E-state index contributed by atoms with van der Waals surface area (Å²) in [6.07, 6.45) is 27.8. The number of unbranched alkanes of at least 4 members (excludes halogenated alkanes) is 18. The van der Waals surface area contributed by atoms with Crippen molar-refractivity contribution in [2.75, 3.05) is 13.2 Å². The van der Waals surface area contributed by atoms with Gasteiger partial charge in [-0.2, -0.15) is 0 Å². The predicted octanol–water partition coefficient (Wildman–Crippen LogP) is 13.6. The number of phenols is 1. The molecule has 0 aliphatic heterocycles. The molecule has 4 rings (SSSR count). The lowest BCUT2D eigenvalue weighted by atomic mass is 10.1. The fraction of sp³-hybridized carbons (Fsp3) is 0.545. The van der Waals surface area contributed by atoms with Crippen LogP contribution >= 0.6 is 0 Å². The number of fused-ring (bicyclic) bond motifs is 1.